The fraction of sp³-hybridized carbons (Fsp3) is 0.316. The van der Waals surface area contributed by atoms with Gasteiger partial charge in [0.05, 0.1) is 36.9 Å². The highest BCUT2D eigenvalue weighted by Crippen LogP contribution is 2.24. The van der Waals surface area contributed by atoms with Crippen molar-refractivity contribution in [2.24, 2.45) is 0 Å². The summed E-state index contributed by atoms with van der Waals surface area (Å²) < 4.78 is 0. The number of amides is 1. The lowest BCUT2D eigenvalue weighted by Gasteiger charge is -2.33. The first-order valence-electron chi connectivity index (χ1n) is 8.56. The van der Waals surface area contributed by atoms with Gasteiger partial charge in [-0.15, -0.1) is 0 Å². The van der Waals surface area contributed by atoms with Gasteiger partial charge in [-0.25, -0.2) is 0 Å². The van der Waals surface area contributed by atoms with E-state index in [0.717, 1.165) is 42.5 Å². The van der Waals surface area contributed by atoms with Crippen LogP contribution in [0.25, 0.3) is 0 Å². The third-order valence-electron chi connectivity index (χ3n) is 4.57. The van der Waals surface area contributed by atoms with Crippen LogP contribution in [0.4, 0.5) is 5.69 Å². The first-order valence-corrected chi connectivity index (χ1v) is 9.70. The largest absolute Gasteiger partial charge is 0.359 e. The van der Waals surface area contributed by atoms with Crippen molar-refractivity contribution in [1.29, 1.82) is 0 Å². The normalized spacial score (nSPS) is 15.1. The Morgan fingerprint density at radius 3 is 2.46 bits per heavy atom. The van der Waals surface area contributed by atoms with Crippen molar-refractivity contribution in [2.45, 2.75) is 6.54 Å². The molecule has 0 spiro atoms. The van der Waals surface area contributed by atoms with Gasteiger partial charge in [-0.05, 0) is 29.8 Å². The SMILES string of the molecule is O=C(C[NH+]1CCN(c2ccccc2Cl)CC1)NCc1ccc(Cl)cc1Cl. The van der Waals surface area contributed by atoms with Crippen LogP contribution in [-0.4, -0.2) is 38.6 Å². The molecule has 138 valence electrons. The molecule has 26 heavy (non-hydrogen) atoms. The summed E-state index contributed by atoms with van der Waals surface area (Å²) in [5.41, 5.74) is 1.93. The molecule has 1 fully saturated rings. The Balaban J connectivity index is 1.45. The Morgan fingerprint density at radius 1 is 1.04 bits per heavy atom. The van der Waals surface area contributed by atoms with Crippen molar-refractivity contribution < 1.29 is 9.69 Å². The molecule has 1 saturated heterocycles. The maximum atomic E-state index is 12.2. The van der Waals surface area contributed by atoms with E-state index in [1.54, 1.807) is 12.1 Å². The van der Waals surface area contributed by atoms with Crippen molar-refractivity contribution in [2.75, 3.05) is 37.6 Å². The summed E-state index contributed by atoms with van der Waals surface area (Å²) >= 11 is 18.3. The smallest absolute Gasteiger partial charge is 0.275 e. The molecule has 4 nitrogen and oxygen atoms in total. The molecule has 0 radical (unpaired) electrons. The molecule has 7 heteroatoms. The standard InChI is InChI=1S/C19H20Cl3N3O/c20-15-6-5-14(17(22)11-15)12-23-19(26)13-24-7-9-25(10-8-24)18-4-2-1-3-16(18)21/h1-6,11H,7-10,12-13H2,(H,23,26)/p+1. The number of nitrogens with zero attached hydrogens (tertiary/aromatic N) is 1. The second-order valence-electron chi connectivity index (χ2n) is 6.38. The number of benzene rings is 2. The lowest BCUT2D eigenvalue weighted by molar-refractivity contribution is -0.892. The number of hydrogen-bond donors (Lipinski definition) is 2. The zero-order chi connectivity index (χ0) is 18.5. The molecule has 0 saturated carbocycles. The minimum Gasteiger partial charge on any atom is -0.359 e. The summed E-state index contributed by atoms with van der Waals surface area (Å²) in [5, 5.41) is 4.87. The molecule has 1 aliphatic rings. The minimum absolute atomic E-state index is 0.0252. The van der Waals surface area contributed by atoms with E-state index in [1.807, 2.05) is 30.3 Å². The van der Waals surface area contributed by atoms with Crippen molar-refractivity contribution in [3.05, 3.63) is 63.1 Å². The van der Waals surface area contributed by atoms with Gasteiger partial charge in [0.1, 0.15) is 0 Å². The average molecular weight is 414 g/mol. The molecule has 2 N–H and O–H groups in total. The zero-order valence-corrected chi connectivity index (χ0v) is 16.5. The number of piperazine rings is 1. The second-order valence-corrected chi connectivity index (χ2v) is 7.63. The number of carbonyl (C=O) groups is 1. The van der Waals surface area contributed by atoms with E-state index in [-0.39, 0.29) is 5.91 Å². The Morgan fingerprint density at radius 2 is 1.77 bits per heavy atom. The summed E-state index contributed by atoms with van der Waals surface area (Å²) in [6.45, 7) is 4.45. The summed E-state index contributed by atoms with van der Waals surface area (Å²) in [7, 11) is 0. The van der Waals surface area contributed by atoms with E-state index in [2.05, 4.69) is 10.2 Å². The molecule has 3 rings (SSSR count). The molecular weight excluding hydrogens is 393 g/mol. The molecule has 2 aromatic rings. The predicted molar refractivity (Wildman–Crippen MR) is 108 cm³/mol. The summed E-state index contributed by atoms with van der Waals surface area (Å²) in [4.78, 5) is 15.8. The van der Waals surface area contributed by atoms with Gasteiger partial charge < -0.3 is 15.1 Å². The maximum absolute atomic E-state index is 12.2. The fourth-order valence-electron chi connectivity index (χ4n) is 3.10. The number of halogens is 3. The van der Waals surface area contributed by atoms with Crippen molar-refractivity contribution >= 4 is 46.4 Å². The van der Waals surface area contributed by atoms with Crippen LogP contribution < -0.4 is 15.1 Å². The summed E-state index contributed by atoms with van der Waals surface area (Å²) in [6.07, 6.45) is 0. The Kier molecular flexibility index (Phi) is 6.65. The van der Waals surface area contributed by atoms with Crippen LogP contribution in [0.1, 0.15) is 5.56 Å². The van der Waals surface area contributed by atoms with E-state index < -0.39 is 0 Å². The molecule has 0 bridgehead atoms. The minimum atomic E-state index is 0.0252. The van der Waals surface area contributed by atoms with Gasteiger partial charge in [-0.3, -0.25) is 4.79 Å². The first kappa shape index (κ1) is 19.3. The van der Waals surface area contributed by atoms with Gasteiger partial charge >= 0.3 is 0 Å². The molecule has 0 unspecified atom stereocenters. The van der Waals surface area contributed by atoms with Crippen LogP contribution in [0.5, 0.6) is 0 Å². The number of para-hydroxylation sites is 1. The third-order valence-corrected chi connectivity index (χ3v) is 5.47. The van der Waals surface area contributed by atoms with E-state index in [4.69, 9.17) is 34.8 Å². The van der Waals surface area contributed by atoms with Crippen LogP contribution in [0.3, 0.4) is 0 Å². The van der Waals surface area contributed by atoms with Gasteiger partial charge in [0.25, 0.3) is 5.91 Å². The zero-order valence-electron chi connectivity index (χ0n) is 14.3. The van der Waals surface area contributed by atoms with Crippen LogP contribution in [0.15, 0.2) is 42.5 Å². The Labute approximate surface area is 168 Å². The average Bonchev–Trinajstić information content (AvgIpc) is 2.62. The van der Waals surface area contributed by atoms with Gasteiger partial charge in [-0.1, -0.05) is 53.0 Å². The number of carbonyl (C=O) groups excluding carboxylic acids is 1. The lowest BCUT2D eigenvalue weighted by atomic mass is 10.2. The molecule has 0 aromatic heterocycles. The number of nitrogens with one attached hydrogen (secondary N) is 2. The van der Waals surface area contributed by atoms with Crippen LogP contribution in [-0.2, 0) is 11.3 Å². The van der Waals surface area contributed by atoms with Gasteiger partial charge in [0, 0.05) is 16.6 Å². The second kappa shape index (κ2) is 8.96. The number of anilines is 1. The Hall–Kier alpha value is -1.46. The molecule has 1 heterocycles. The highest BCUT2D eigenvalue weighted by atomic mass is 35.5. The lowest BCUT2D eigenvalue weighted by Crippen LogP contribution is -3.15. The fourth-order valence-corrected chi connectivity index (χ4v) is 3.83. The highest BCUT2D eigenvalue weighted by molar-refractivity contribution is 6.35. The number of rotatable bonds is 5. The van der Waals surface area contributed by atoms with Crippen molar-refractivity contribution in [1.82, 2.24) is 5.32 Å². The van der Waals surface area contributed by atoms with Gasteiger partial charge in [0.2, 0.25) is 0 Å². The van der Waals surface area contributed by atoms with Gasteiger partial charge in [0.15, 0.2) is 6.54 Å². The summed E-state index contributed by atoms with van der Waals surface area (Å²) in [5.74, 6) is 0.0252. The topological polar surface area (TPSA) is 36.8 Å². The summed E-state index contributed by atoms with van der Waals surface area (Å²) in [6, 6.07) is 13.2. The van der Waals surface area contributed by atoms with Gasteiger partial charge in [-0.2, -0.15) is 0 Å². The highest BCUT2D eigenvalue weighted by Gasteiger charge is 2.23. The van der Waals surface area contributed by atoms with E-state index >= 15 is 0 Å². The number of quaternary nitrogens is 1. The quantitative estimate of drug-likeness (QED) is 0.791. The van der Waals surface area contributed by atoms with Crippen LogP contribution >= 0.6 is 34.8 Å². The predicted octanol–water partition coefficient (Wildman–Crippen LogP) is 2.67. The molecule has 1 aliphatic heterocycles. The number of hydrogen-bond acceptors (Lipinski definition) is 2. The van der Waals surface area contributed by atoms with Crippen LogP contribution in [0.2, 0.25) is 15.1 Å². The third kappa shape index (κ3) is 5.04. The van der Waals surface area contributed by atoms with E-state index in [9.17, 15) is 4.79 Å². The monoisotopic (exact) mass is 412 g/mol. The van der Waals surface area contributed by atoms with Crippen molar-refractivity contribution in [3.63, 3.8) is 0 Å². The van der Waals surface area contributed by atoms with E-state index in [0.29, 0.717) is 23.1 Å². The molecule has 0 aliphatic carbocycles. The molecule has 1 amide bonds. The van der Waals surface area contributed by atoms with E-state index in [1.165, 1.54) is 4.90 Å². The maximum Gasteiger partial charge on any atom is 0.275 e. The Bertz CT molecular complexity index is 776. The van der Waals surface area contributed by atoms with Crippen molar-refractivity contribution in [3.8, 4) is 0 Å². The first-order chi connectivity index (χ1) is 12.5. The molecular formula is C19H21Cl3N3O+. The molecule has 0 atom stereocenters. The molecule has 2 aromatic carbocycles. The van der Waals surface area contributed by atoms with Crippen LogP contribution in [0, 0.1) is 0 Å².